The predicted octanol–water partition coefficient (Wildman–Crippen LogP) is 2.60. The Morgan fingerprint density at radius 3 is 2.78 bits per heavy atom. The van der Waals surface area contributed by atoms with Gasteiger partial charge in [0.05, 0.1) is 30.7 Å². The van der Waals surface area contributed by atoms with Gasteiger partial charge in [0.25, 0.3) is 5.91 Å². The lowest BCUT2D eigenvalue weighted by Crippen LogP contribution is -2.26. The summed E-state index contributed by atoms with van der Waals surface area (Å²) in [5.74, 6) is 0.317. The van der Waals surface area contributed by atoms with E-state index in [1.165, 1.54) is 6.20 Å². The zero-order valence-corrected chi connectivity index (χ0v) is 13.0. The second-order valence-corrected chi connectivity index (χ2v) is 5.46. The fourth-order valence-electron chi connectivity index (χ4n) is 2.34. The normalized spacial score (nSPS) is 15.2. The Kier molecular flexibility index (Phi) is 4.83. The van der Waals surface area contributed by atoms with Gasteiger partial charge in [0.2, 0.25) is 5.88 Å². The van der Waals surface area contributed by atoms with Crippen LogP contribution >= 0.6 is 0 Å². The Hall–Kier alpha value is -2.47. The first kappa shape index (κ1) is 15.4. The Bertz CT molecular complexity index is 667. The van der Waals surface area contributed by atoms with Gasteiger partial charge in [-0.2, -0.15) is 0 Å². The van der Waals surface area contributed by atoms with Crippen LogP contribution in [-0.4, -0.2) is 35.2 Å². The van der Waals surface area contributed by atoms with Crippen LogP contribution in [0.3, 0.4) is 0 Å². The first-order chi connectivity index (χ1) is 11.2. The van der Waals surface area contributed by atoms with Crippen LogP contribution in [0.4, 0.5) is 5.69 Å². The van der Waals surface area contributed by atoms with Crippen molar-refractivity contribution in [2.24, 2.45) is 0 Å². The first-order valence-corrected chi connectivity index (χ1v) is 7.65. The molecule has 0 radical (unpaired) electrons. The number of nitrogens with one attached hydrogen (secondary N) is 1. The molecular weight excluding hydrogens is 294 g/mol. The number of aryl methyl sites for hydroxylation is 1. The maximum absolute atomic E-state index is 12.2. The average molecular weight is 313 g/mol. The average Bonchev–Trinajstić information content (AvgIpc) is 2.58. The van der Waals surface area contributed by atoms with Crippen molar-refractivity contribution < 1.29 is 14.3 Å². The molecule has 0 atom stereocenters. The van der Waals surface area contributed by atoms with E-state index < -0.39 is 0 Å². The molecule has 3 rings (SSSR count). The number of aromatic nitrogens is 2. The van der Waals surface area contributed by atoms with E-state index in [1.807, 2.05) is 13.0 Å². The van der Waals surface area contributed by atoms with E-state index >= 15 is 0 Å². The molecular formula is C17H19N3O3. The summed E-state index contributed by atoms with van der Waals surface area (Å²) < 4.78 is 11.1. The lowest BCUT2D eigenvalue weighted by atomic mass is 10.1. The highest BCUT2D eigenvalue weighted by atomic mass is 16.5. The molecule has 1 amide bonds. The van der Waals surface area contributed by atoms with Gasteiger partial charge in [0.15, 0.2) is 0 Å². The number of amides is 1. The van der Waals surface area contributed by atoms with Crippen LogP contribution in [0, 0.1) is 6.92 Å². The summed E-state index contributed by atoms with van der Waals surface area (Å²) in [5.41, 5.74) is 2.13. The maximum atomic E-state index is 12.2. The summed E-state index contributed by atoms with van der Waals surface area (Å²) in [5, 5.41) is 2.83. The number of hydrogen-bond acceptors (Lipinski definition) is 5. The van der Waals surface area contributed by atoms with Crippen LogP contribution in [0.5, 0.6) is 5.88 Å². The molecule has 1 aliphatic rings. The molecule has 0 spiro atoms. The second-order valence-electron chi connectivity index (χ2n) is 5.46. The maximum Gasteiger partial charge on any atom is 0.257 e. The minimum Gasteiger partial charge on any atom is -0.474 e. The lowest BCUT2D eigenvalue weighted by Gasteiger charge is -2.22. The van der Waals surface area contributed by atoms with Crippen molar-refractivity contribution in [2.75, 3.05) is 18.5 Å². The summed E-state index contributed by atoms with van der Waals surface area (Å²) in [4.78, 5) is 20.5. The van der Waals surface area contributed by atoms with E-state index in [9.17, 15) is 4.79 Å². The topological polar surface area (TPSA) is 73.3 Å². The number of rotatable bonds is 4. The van der Waals surface area contributed by atoms with Crippen molar-refractivity contribution in [1.82, 2.24) is 9.97 Å². The molecule has 1 saturated heterocycles. The lowest BCUT2D eigenvalue weighted by molar-refractivity contribution is 0.0237. The van der Waals surface area contributed by atoms with Gasteiger partial charge in [0.1, 0.15) is 6.10 Å². The SMILES string of the molecule is Cc1ccncc1NC(=O)c1ccc(OC2CCOCC2)nc1. The highest BCUT2D eigenvalue weighted by molar-refractivity contribution is 6.04. The van der Waals surface area contributed by atoms with Crippen LogP contribution in [0.25, 0.3) is 0 Å². The number of pyridine rings is 2. The van der Waals surface area contributed by atoms with Gasteiger partial charge in [-0.15, -0.1) is 0 Å². The zero-order valence-electron chi connectivity index (χ0n) is 13.0. The highest BCUT2D eigenvalue weighted by Crippen LogP contribution is 2.17. The van der Waals surface area contributed by atoms with Crippen LogP contribution < -0.4 is 10.1 Å². The van der Waals surface area contributed by atoms with Gasteiger partial charge in [-0.25, -0.2) is 4.98 Å². The molecule has 2 aromatic heterocycles. The molecule has 0 bridgehead atoms. The van der Waals surface area contributed by atoms with Crippen molar-refractivity contribution in [3.63, 3.8) is 0 Å². The number of anilines is 1. The Morgan fingerprint density at radius 2 is 2.09 bits per heavy atom. The molecule has 6 nitrogen and oxygen atoms in total. The smallest absolute Gasteiger partial charge is 0.257 e. The van der Waals surface area contributed by atoms with Crippen LogP contribution in [0.1, 0.15) is 28.8 Å². The predicted molar refractivity (Wildman–Crippen MR) is 85.6 cm³/mol. The monoisotopic (exact) mass is 313 g/mol. The number of hydrogen-bond donors (Lipinski definition) is 1. The van der Waals surface area contributed by atoms with Crippen molar-refractivity contribution >= 4 is 11.6 Å². The van der Waals surface area contributed by atoms with E-state index in [0.29, 0.717) is 17.1 Å². The third kappa shape index (κ3) is 4.04. The Balaban J connectivity index is 1.62. The number of carbonyl (C=O) groups excluding carboxylic acids is 1. The summed E-state index contributed by atoms with van der Waals surface area (Å²) in [6, 6.07) is 5.28. The van der Waals surface area contributed by atoms with Gasteiger partial charge >= 0.3 is 0 Å². The third-order valence-corrected chi connectivity index (χ3v) is 3.74. The van der Waals surface area contributed by atoms with Gasteiger partial charge in [0, 0.05) is 31.3 Å². The molecule has 1 aliphatic heterocycles. The van der Waals surface area contributed by atoms with E-state index in [4.69, 9.17) is 9.47 Å². The van der Waals surface area contributed by atoms with Crippen LogP contribution in [-0.2, 0) is 4.74 Å². The molecule has 0 aromatic carbocycles. The summed E-state index contributed by atoms with van der Waals surface area (Å²) in [6.45, 7) is 3.35. The van der Waals surface area contributed by atoms with E-state index in [0.717, 1.165) is 31.6 Å². The molecule has 0 saturated carbocycles. The molecule has 3 heterocycles. The molecule has 0 unspecified atom stereocenters. The first-order valence-electron chi connectivity index (χ1n) is 7.65. The second kappa shape index (κ2) is 7.19. The van der Waals surface area contributed by atoms with E-state index in [1.54, 1.807) is 24.5 Å². The van der Waals surface area contributed by atoms with Gasteiger partial charge in [-0.1, -0.05) is 0 Å². The number of ether oxygens (including phenoxy) is 2. The van der Waals surface area contributed by atoms with Gasteiger partial charge < -0.3 is 14.8 Å². The summed E-state index contributed by atoms with van der Waals surface area (Å²) in [7, 11) is 0. The molecule has 1 N–H and O–H groups in total. The van der Waals surface area contributed by atoms with Gasteiger partial charge in [-0.3, -0.25) is 9.78 Å². The zero-order chi connectivity index (χ0) is 16.1. The Morgan fingerprint density at radius 1 is 1.26 bits per heavy atom. The molecule has 23 heavy (non-hydrogen) atoms. The largest absolute Gasteiger partial charge is 0.474 e. The van der Waals surface area contributed by atoms with Gasteiger partial charge in [-0.05, 0) is 24.6 Å². The number of carbonyl (C=O) groups is 1. The molecule has 0 aliphatic carbocycles. The van der Waals surface area contributed by atoms with Crippen LogP contribution in [0.15, 0.2) is 36.8 Å². The summed E-state index contributed by atoms with van der Waals surface area (Å²) >= 11 is 0. The van der Waals surface area contributed by atoms with E-state index in [-0.39, 0.29) is 12.0 Å². The molecule has 1 fully saturated rings. The quantitative estimate of drug-likeness (QED) is 0.939. The molecule has 120 valence electrons. The molecule has 6 heteroatoms. The highest BCUT2D eigenvalue weighted by Gasteiger charge is 2.16. The Labute approximate surface area is 134 Å². The van der Waals surface area contributed by atoms with Crippen molar-refractivity contribution in [3.05, 3.63) is 47.9 Å². The van der Waals surface area contributed by atoms with Crippen molar-refractivity contribution in [1.29, 1.82) is 0 Å². The third-order valence-electron chi connectivity index (χ3n) is 3.74. The molecule has 2 aromatic rings. The van der Waals surface area contributed by atoms with Crippen LogP contribution in [0.2, 0.25) is 0 Å². The minimum atomic E-state index is -0.216. The minimum absolute atomic E-state index is 0.133. The fourth-order valence-corrected chi connectivity index (χ4v) is 2.34. The number of nitrogens with zero attached hydrogens (tertiary/aromatic N) is 2. The fraction of sp³-hybridized carbons (Fsp3) is 0.353. The van der Waals surface area contributed by atoms with Crippen molar-refractivity contribution in [3.8, 4) is 5.88 Å². The standard InChI is InChI=1S/C17H19N3O3/c1-12-4-7-18-11-15(12)20-17(21)13-2-3-16(19-10-13)23-14-5-8-22-9-6-14/h2-4,7,10-11,14H,5-6,8-9H2,1H3,(H,20,21). The van der Waals surface area contributed by atoms with E-state index in [2.05, 4.69) is 15.3 Å². The summed E-state index contributed by atoms with van der Waals surface area (Å²) in [6.07, 6.45) is 6.71. The van der Waals surface area contributed by atoms with Crippen molar-refractivity contribution in [2.45, 2.75) is 25.9 Å².